The van der Waals surface area contributed by atoms with Gasteiger partial charge in [-0.2, -0.15) is 0 Å². The number of amides is 2. The molecule has 2 aliphatic rings. The molecule has 1 unspecified atom stereocenters. The van der Waals surface area contributed by atoms with E-state index >= 15 is 0 Å². The lowest BCUT2D eigenvalue weighted by molar-refractivity contribution is -0.120. The van der Waals surface area contributed by atoms with Crippen molar-refractivity contribution in [3.05, 3.63) is 53.9 Å². The number of hydrogen-bond acceptors (Lipinski definition) is 3. The highest BCUT2D eigenvalue weighted by Crippen LogP contribution is 2.34. The number of benzene rings is 1. The molecule has 1 N–H and O–H groups in total. The van der Waals surface area contributed by atoms with E-state index in [1.807, 2.05) is 25.1 Å². The number of hydrogen-bond donors (Lipinski definition) is 1. The van der Waals surface area contributed by atoms with Gasteiger partial charge in [0.2, 0.25) is 5.91 Å². The van der Waals surface area contributed by atoms with Crippen LogP contribution in [0.3, 0.4) is 0 Å². The third-order valence-electron chi connectivity index (χ3n) is 5.92. The second-order valence-corrected chi connectivity index (χ2v) is 7.61. The van der Waals surface area contributed by atoms with Crippen LogP contribution in [-0.4, -0.2) is 23.3 Å². The molecule has 4 rings (SSSR count). The molecule has 1 aliphatic heterocycles. The fourth-order valence-corrected chi connectivity index (χ4v) is 4.26. The zero-order valence-electron chi connectivity index (χ0n) is 15.6. The maximum atomic E-state index is 12.7. The van der Waals surface area contributed by atoms with Gasteiger partial charge in [0.05, 0.1) is 5.56 Å². The van der Waals surface area contributed by atoms with Crippen LogP contribution in [0.25, 0.3) is 0 Å². The number of nitrogens with zero attached hydrogens (tertiary/aromatic N) is 2. The number of fused-ring (bicyclic) bond motifs is 1. The van der Waals surface area contributed by atoms with E-state index in [1.165, 1.54) is 12.8 Å². The minimum atomic E-state index is -0.0338. The number of anilines is 2. The van der Waals surface area contributed by atoms with Crippen LogP contribution in [0.5, 0.6) is 0 Å². The first-order chi connectivity index (χ1) is 13.1. The van der Waals surface area contributed by atoms with E-state index in [0.29, 0.717) is 18.0 Å². The highest BCUT2D eigenvalue weighted by Gasteiger charge is 2.28. The van der Waals surface area contributed by atoms with Crippen LogP contribution in [0, 0.1) is 11.8 Å². The molecule has 0 spiro atoms. The van der Waals surface area contributed by atoms with Gasteiger partial charge in [-0.25, -0.2) is 0 Å². The number of aromatic nitrogens is 1. The lowest BCUT2D eigenvalue weighted by Crippen LogP contribution is -2.29. The predicted molar refractivity (Wildman–Crippen MR) is 106 cm³/mol. The SMILES string of the molecule is CC(C(=O)Nc1ccc2c(c1)CCN2C(=O)c1cccnc1)C1CCCC1. The van der Waals surface area contributed by atoms with E-state index in [-0.39, 0.29) is 17.7 Å². The average molecular weight is 363 g/mol. The Morgan fingerprint density at radius 1 is 1.22 bits per heavy atom. The molecule has 1 aromatic heterocycles. The summed E-state index contributed by atoms with van der Waals surface area (Å²) in [6.07, 6.45) is 8.84. The zero-order valence-corrected chi connectivity index (χ0v) is 15.6. The molecule has 2 amide bonds. The quantitative estimate of drug-likeness (QED) is 0.891. The smallest absolute Gasteiger partial charge is 0.259 e. The van der Waals surface area contributed by atoms with Crippen LogP contribution in [0.15, 0.2) is 42.7 Å². The topological polar surface area (TPSA) is 62.3 Å². The maximum Gasteiger partial charge on any atom is 0.259 e. The summed E-state index contributed by atoms with van der Waals surface area (Å²) in [6.45, 7) is 2.69. The van der Waals surface area contributed by atoms with Crippen LogP contribution in [0.2, 0.25) is 0 Å². The van der Waals surface area contributed by atoms with Crippen molar-refractivity contribution in [3.8, 4) is 0 Å². The lowest BCUT2D eigenvalue weighted by atomic mass is 9.92. The fraction of sp³-hybridized carbons (Fsp3) is 0.409. The van der Waals surface area contributed by atoms with Gasteiger partial charge in [-0.15, -0.1) is 0 Å². The van der Waals surface area contributed by atoms with Crippen molar-refractivity contribution in [1.82, 2.24) is 4.98 Å². The van der Waals surface area contributed by atoms with Gasteiger partial charge in [0, 0.05) is 36.2 Å². The molecule has 140 valence electrons. The molecule has 1 atom stereocenters. The molecule has 0 radical (unpaired) electrons. The third-order valence-corrected chi connectivity index (χ3v) is 5.92. The van der Waals surface area contributed by atoms with E-state index in [1.54, 1.807) is 29.4 Å². The molecule has 0 bridgehead atoms. The van der Waals surface area contributed by atoms with E-state index in [2.05, 4.69) is 10.3 Å². The van der Waals surface area contributed by atoms with E-state index in [4.69, 9.17) is 0 Å². The number of rotatable bonds is 4. The molecular weight excluding hydrogens is 338 g/mol. The van der Waals surface area contributed by atoms with Crippen molar-refractivity contribution in [2.45, 2.75) is 39.0 Å². The van der Waals surface area contributed by atoms with Gasteiger partial charge in [0.15, 0.2) is 0 Å². The Bertz CT molecular complexity index is 844. The lowest BCUT2D eigenvalue weighted by Gasteiger charge is -2.19. The highest BCUT2D eigenvalue weighted by molar-refractivity contribution is 6.07. The van der Waals surface area contributed by atoms with Crippen molar-refractivity contribution in [3.63, 3.8) is 0 Å². The molecule has 5 heteroatoms. The Balaban J connectivity index is 1.47. The Morgan fingerprint density at radius 3 is 2.78 bits per heavy atom. The van der Waals surface area contributed by atoms with Gasteiger partial charge in [-0.05, 0) is 61.1 Å². The summed E-state index contributed by atoms with van der Waals surface area (Å²) in [7, 11) is 0. The monoisotopic (exact) mass is 363 g/mol. The maximum absolute atomic E-state index is 12.7. The number of carbonyl (C=O) groups excluding carboxylic acids is 2. The van der Waals surface area contributed by atoms with E-state index in [9.17, 15) is 9.59 Å². The molecule has 5 nitrogen and oxygen atoms in total. The van der Waals surface area contributed by atoms with Gasteiger partial charge >= 0.3 is 0 Å². The highest BCUT2D eigenvalue weighted by atomic mass is 16.2. The third kappa shape index (κ3) is 3.59. The van der Waals surface area contributed by atoms with Crippen molar-refractivity contribution >= 4 is 23.2 Å². The summed E-state index contributed by atoms with van der Waals surface area (Å²) < 4.78 is 0. The molecular formula is C22H25N3O2. The first-order valence-corrected chi connectivity index (χ1v) is 9.79. The van der Waals surface area contributed by atoms with Crippen LogP contribution < -0.4 is 10.2 Å². The second-order valence-electron chi connectivity index (χ2n) is 7.61. The molecule has 2 aromatic rings. The van der Waals surface area contributed by atoms with E-state index in [0.717, 1.165) is 36.2 Å². The summed E-state index contributed by atoms with van der Waals surface area (Å²) >= 11 is 0. The first-order valence-electron chi connectivity index (χ1n) is 9.79. The van der Waals surface area contributed by atoms with Crippen LogP contribution >= 0.6 is 0 Å². The standard InChI is InChI=1S/C22H25N3O2/c1-15(16-5-2-3-6-16)21(26)24-19-8-9-20-17(13-19)10-12-25(20)22(27)18-7-4-11-23-14-18/h4,7-9,11,13-16H,2-3,5-6,10,12H2,1H3,(H,24,26). The summed E-state index contributed by atoms with van der Waals surface area (Å²) in [5.74, 6) is 0.619. The first kappa shape index (κ1) is 17.7. The Hall–Kier alpha value is -2.69. The molecule has 1 aliphatic carbocycles. The number of carbonyl (C=O) groups is 2. The summed E-state index contributed by atoms with van der Waals surface area (Å²) in [5, 5.41) is 3.07. The Kier molecular flexibility index (Phi) is 4.92. The second kappa shape index (κ2) is 7.51. The van der Waals surface area contributed by atoms with Crippen molar-refractivity contribution in [2.75, 3.05) is 16.8 Å². The normalized spacial score (nSPS) is 17.6. The number of nitrogens with one attached hydrogen (secondary N) is 1. The average Bonchev–Trinajstić information content (AvgIpc) is 3.37. The Labute approximate surface area is 159 Å². The molecule has 1 fully saturated rings. The minimum absolute atomic E-state index is 0.0338. The van der Waals surface area contributed by atoms with Gasteiger partial charge in [0.1, 0.15) is 0 Å². The molecule has 1 aromatic carbocycles. The molecule has 0 saturated heterocycles. The van der Waals surface area contributed by atoms with Crippen LogP contribution in [-0.2, 0) is 11.2 Å². The van der Waals surface area contributed by atoms with Crippen LogP contribution in [0.4, 0.5) is 11.4 Å². The van der Waals surface area contributed by atoms with Crippen molar-refractivity contribution in [1.29, 1.82) is 0 Å². The summed E-state index contributed by atoms with van der Waals surface area (Å²) in [5.41, 5.74) is 3.43. The van der Waals surface area contributed by atoms with Crippen molar-refractivity contribution in [2.24, 2.45) is 11.8 Å². The summed E-state index contributed by atoms with van der Waals surface area (Å²) in [4.78, 5) is 31.1. The van der Waals surface area contributed by atoms with Crippen molar-refractivity contribution < 1.29 is 9.59 Å². The predicted octanol–water partition coefficient (Wildman–Crippen LogP) is 4.05. The molecule has 1 saturated carbocycles. The fourth-order valence-electron chi connectivity index (χ4n) is 4.26. The van der Waals surface area contributed by atoms with Gasteiger partial charge in [-0.1, -0.05) is 19.8 Å². The van der Waals surface area contributed by atoms with Crippen LogP contribution in [0.1, 0.15) is 48.5 Å². The van der Waals surface area contributed by atoms with Gasteiger partial charge < -0.3 is 10.2 Å². The molecule has 27 heavy (non-hydrogen) atoms. The Morgan fingerprint density at radius 2 is 2.04 bits per heavy atom. The van der Waals surface area contributed by atoms with E-state index < -0.39 is 0 Å². The number of pyridine rings is 1. The van der Waals surface area contributed by atoms with Gasteiger partial charge in [0.25, 0.3) is 5.91 Å². The molecule has 2 heterocycles. The zero-order chi connectivity index (χ0) is 18.8. The van der Waals surface area contributed by atoms with Gasteiger partial charge in [-0.3, -0.25) is 14.6 Å². The summed E-state index contributed by atoms with van der Waals surface area (Å²) in [6, 6.07) is 9.39. The largest absolute Gasteiger partial charge is 0.326 e. The minimum Gasteiger partial charge on any atom is -0.326 e.